The standard InChI is InChI=1S/C27H33NO6S/c1-3-33-24-15-21-17(14-23(24)29)6-9-20-19(21)12-13-27(2)22(20)10-11-25(27)34-26(30)16-4-7-18(8-5-16)35(28,31)32/h4-5,7-8,14-15,19-20,22,25,29H,3,6,9-13H2,1-2H3,(H2,28,31,32)/t19-,20+,22-,25-,27-/m0/s1. The van der Waals surface area contributed by atoms with E-state index in [0.29, 0.717) is 35.7 Å². The lowest BCUT2D eigenvalue weighted by Crippen LogP contribution is -2.45. The highest BCUT2D eigenvalue weighted by Crippen LogP contribution is 2.62. The van der Waals surface area contributed by atoms with Gasteiger partial charge in [-0.05, 0) is 111 Å². The number of carbonyl (C=O) groups excluding carboxylic acids is 1. The van der Waals surface area contributed by atoms with Crippen LogP contribution in [0.1, 0.15) is 73.4 Å². The topological polar surface area (TPSA) is 116 Å². The number of phenolic OH excluding ortho intramolecular Hbond substituents is 1. The van der Waals surface area contributed by atoms with Gasteiger partial charge in [0.25, 0.3) is 0 Å². The minimum atomic E-state index is -3.81. The number of fused-ring (bicyclic) bond motifs is 5. The molecule has 0 spiro atoms. The molecule has 3 aliphatic rings. The average molecular weight is 500 g/mol. The monoisotopic (exact) mass is 499 g/mol. The Morgan fingerprint density at radius 3 is 2.57 bits per heavy atom. The number of primary sulfonamides is 1. The van der Waals surface area contributed by atoms with E-state index in [-0.39, 0.29) is 22.2 Å². The number of esters is 1. The van der Waals surface area contributed by atoms with Gasteiger partial charge in [-0.2, -0.15) is 0 Å². The Morgan fingerprint density at radius 2 is 1.89 bits per heavy atom. The number of ether oxygens (including phenoxy) is 2. The molecule has 5 rings (SSSR count). The molecule has 35 heavy (non-hydrogen) atoms. The Morgan fingerprint density at radius 1 is 1.14 bits per heavy atom. The number of aryl methyl sites for hydroxylation is 1. The first kappa shape index (κ1) is 24.1. The van der Waals surface area contributed by atoms with Gasteiger partial charge in [-0.15, -0.1) is 0 Å². The maximum atomic E-state index is 12.9. The minimum Gasteiger partial charge on any atom is -0.504 e. The summed E-state index contributed by atoms with van der Waals surface area (Å²) in [6.45, 7) is 4.70. The van der Waals surface area contributed by atoms with Gasteiger partial charge >= 0.3 is 5.97 Å². The predicted molar refractivity (Wildman–Crippen MR) is 131 cm³/mol. The number of phenols is 1. The zero-order chi connectivity index (χ0) is 25.0. The largest absolute Gasteiger partial charge is 0.504 e. The van der Waals surface area contributed by atoms with Crippen molar-refractivity contribution in [2.24, 2.45) is 22.4 Å². The van der Waals surface area contributed by atoms with E-state index in [9.17, 15) is 18.3 Å². The molecule has 3 aliphatic carbocycles. The van der Waals surface area contributed by atoms with Crippen LogP contribution in [0.3, 0.4) is 0 Å². The molecule has 0 heterocycles. The normalized spacial score (nSPS) is 29.6. The van der Waals surface area contributed by atoms with E-state index in [0.717, 1.165) is 38.5 Å². The number of benzene rings is 2. The van der Waals surface area contributed by atoms with Crippen molar-refractivity contribution in [2.75, 3.05) is 6.61 Å². The summed E-state index contributed by atoms with van der Waals surface area (Å²) in [5.74, 6) is 1.75. The van der Waals surface area contributed by atoms with E-state index < -0.39 is 16.0 Å². The fourth-order valence-electron chi connectivity index (χ4n) is 6.98. The van der Waals surface area contributed by atoms with Crippen LogP contribution in [0.2, 0.25) is 0 Å². The molecule has 5 atom stereocenters. The molecule has 8 heteroatoms. The van der Waals surface area contributed by atoms with Gasteiger partial charge in [-0.3, -0.25) is 0 Å². The number of sulfonamides is 1. The van der Waals surface area contributed by atoms with E-state index in [1.54, 1.807) is 0 Å². The van der Waals surface area contributed by atoms with Crippen molar-refractivity contribution in [1.29, 1.82) is 0 Å². The van der Waals surface area contributed by atoms with Gasteiger partial charge in [0.2, 0.25) is 10.0 Å². The first-order valence-electron chi connectivity index (χ1n) is 12.4. The molecule has 0 amide bonds. The molecule has 188 valence electrons. The smallest absolute Gasteiger partial charge is 0.338 e. The van der Waals surface area contributed by atoms with Gasteiger partial charge in [0, 0.05) is 5.41 Å². The lowest BCUT2D eigenvalue weighted by Gasteiger charge is -2.50. The molecule has 0 unspecified atom stereocenters. The maximum Gasteiger partial charge on any atom is 0.338 e. The molecule has 2 aromatic rings. The Bertz CT molecular complexity index is 1240. The summed E-state index contributed by atoms with van der Waals surface area (Å²) in [4.78, 5) is 12.9. The molecular weight excluding hydrogens is 466 g/mol. The molecule has 3 N–H and O–H groups in total. The summed E-state index contributed by atoms with van der Waals surface area (Å²) in [5.41, 5.74) is 2.77. The van der Waals surface area contributed by atoms with Crippen LogP contribution < -0.4 is 9.88 Å². The van der Waals surface area contributed by atoms with Crippen molar-refractivity contribution in [1.82, 2.24) is 0 Å². The molecule has 0 radical (unpaired) electrons. The fourth-order valence-corrected chi connectivity index (χ4v) is 7.50. The van der Waals surface area contributed by atoms with Crippen LogP contribution in [0.25, 0.3) is 0 Å². The number of aromatic hydroxyl groups is 1. The summed E-state index contributed by atoms with van der Waals surface area (Å²) in [6.07, 6.45) is 5.66. The van der Waals surface area contributed by atoms with Gasteiger partial charge < -0.3 is 14.6 Å². The molecule has 2 aromatic carbocycles. The number of hydrogen-bond acceptors (Lipinski definition) is 6. The van der Waals surface area contributed by atoms with E-state index in [4.69, 9.17) is 14.6 Å². The first-order chi connectivity index (χ1) is 16.6. The molecule has 0 aromatic heterocycles. The van der Waals surface area contributed by atoms with Gasteiger partial charge in [0.1, 0.15) is 6.10 Å². The Labute approximate surface area is 206 Å². The highest BCUT2D eigenvalue weighted by atomic mass is 32.2. The predicted octanol–water partition coefficient (Wildman–Crippen LogP) is 4.52. The lowest BCUT2D eigenvalue weighted by molar-refractivity contribution is -0.0428. The van der Waals surface area contributed by atoms with E-state index in [1.165, 1.54) is 35.4 Å². The van der Waals surface area contributed by atoms with Crippen LogP contribution in [-0.4, -0.2) is 32.2 Å². The molecule has 2 fully saturated rings. The van der Waals surface area contributed by atoms with Gasteiger partial charge in [0.15, 0.2) is 11.5 Å². The molecule has 0 aliphatic heterocycles. The van der Waals surface area contributed by atoms with Gasteiger partial charge in [-0.1, -0.05) is 6.92 Å². The van der Waals surface area contributed by atoms with Crippen molar-refractivity contribution >= 4 is 16.0 Å². The highest BCUT2D eigenvalue weighted by Gasteiger charge is 2.56. The Kier molecular flexibility index (Phi) is 6.08. The second kappa shape index (κ2) is 8.82. The van der Waals surface area contributed by atoms with E-state index >= 15 is 0 Å². The third-order valence-electron chi connectivity index (χ3n) is 8.69. The first-order valence-corrected chi connectivity index (χ1v) is 14.0. The van der Waals surface area contributed by atoms with Crippen molar-refractivity contribution in [2.45, 2.75) is 69.3 Å². The summed E-state index contributed by atoms with van der Waals surface area (Å²) in [7, 11) is -3.81. The Balaban J connectivity index is 1.34. The average Bonchev–Trinajstić information content (AvgIpc) is 3.15. The van der Waals surface area contributed by atoms with Crippen molar-refractivity contribution in [3.8, 4) is 11.5 Å². The molecule has 2 saturated carbocycles. The quantitative estimate of drug-likeness (QED) is 0.585. The van der Waals surface area contributed by atoms with E-state index in [2.05, 4.69) is 6.92 Å². The molecule has 0 bridgehead atoms. The van der Waals surface area contributed by atoms with Crippen LogP contribution in [-0.2, 0) is 21.2 Å². The third-order valence-corrected chi connectivity index (χ3v) is 9.61. The number of rotatable bonds is 5. The minimum absolute atomic E-state index is 0.0290. The van der Waals surface area contributed by atoms with Crippen LogP contribution in [0.15, 0.2) is 41.3 Å². The van der Waals surface area contributed by atoms with Gasteiger partial charge in [-0.25, -0.2) is 18.4 Å². The highest BCUT2D eigenvalue weighted by molar-refractivity contribution is 7.89. The van der Waals surface area contributed by atoms with Crippen LogP contribution in [0.5, 0.6) is 11.5 Å². The third kappa shape index (κ3) is 4.20. The Hall–Kier alpha value is -2.58. The molecule has 0 saturated heterocycles. The lowest BCUT2D eigenvalue weighted by atomic mass is 9.55. The van der Waals surface area contributed by atoms with Crippen molar-refractivity contribution in [3.63, 3.8) is 0 Å². The van der Waals surface area contributed by atoms with Crippen molar-refractivity contribution < 1.29 is 27.8 Å². The second-order valence-corrected chi connectivity index (χ2v) is 12.0. The van der Waals surface area contributed by atoms with Crippen LogP contribution in [0.4, 0.5) is 0 Å². The number of nitrogens with two attached hydrogens (primary N) is 1. The van der Waals surface area contributed by atoms with Crippen molar-refractivity contribution in [3.05, 3.63) is 53.1 Å². The number of hydrogen-bond donors (Lipinski definition) is 2. The molecule has 7 nitrogen and oxygen atoms in total. The van der Waals surface area contributed by atoms with Gasteiger partial charge in [0.05, 0.1) is 17.1 Å². The summed E-state index contributed by atoms with van der Waals surface area (Å²) in [5, 5.41) is 15.5. The maximum absolute atomic E-state index is 12.9. The van der Waals surface area contributed by atoms with Crippen LogP contribution in [0, 0.1) is 17.3 Å². The molecular formula is C27H33NO6S. The second-order valence-electron chi connectivity index (χ2n) is 10.5. The fraction of sp³-hybridized carbons (Fsp3) is 0.519. The summed E-state index contributed by atoms with van der Waals surface area (Å²) >= 11 is 0. The van der Waals surface area contributed by atoms with E-state index in [1.807, 2.05) is 19.1 Å². The zero-order valence-electron chi connectivity index (χ0n) is 20.2. The number of carbonyl (C=O) groups is 1. The summed E-state index contributed by atoms with van der Waals surface area (Å²) in [6, 6.07) is 9.51. The van der Waals surface area contributed by atoms with Crippen LogP contribution >= 0.6 is 0 Å². The zero-order valence-corrected chi connectivity index (χ0v) is 21.0. The summed E-state index contributed by atoms with van der Waals surface area (Å²) < 4.78 is 34.7. The SMILES string of the molecule is CCOc1cc2c(cc1O)CC[C@@H]1[C@@H]2CC[C@]2(C)[C@@H](OC(=O)c3ccc(S(N)(=O)=O)cc3)CC[C@@H]12.